The van der Waals surface area contributed by atoms with Crippen molar-refractivity contribution in [3.63, 3.8) is 0 Å². The maximum absolute atomic E-state index is 8.96. The van der Waals surface area contributed by atoms with E-state index in [9.17, 15) is 0 Å². The van der Waals surface area contributed by atoms with Gasteiger partial charge in [-0.1, -0.05) is 80.2 Å². The van der Waals surface area contributed by atoms with Crippen LogP contribution in [0.2, 0.25) is 0 Å². The van der Waals surface area contributed by atoms with Crippen LogP contribution in [-0.4, -0.2) is 24.7 Å². The zero-order chi connectivity index (χ0) is 44.1. The van der Waals surface area contributed by atoms with Crippen molar-refractivity contribution in [2.24, 2.45) is 12.5 Å². The number of aryl methyl sites for hydroxylation is 4. The van der Waals surface area contributed by atoms with Gasteiger partial charge in [-0.2, -0.15) is 0 Å². The van der Waals surface area contributed by atoms with Gasteiger partial charge in [-0.25, -0.2) is 0 Å². The molecule has 52 heavy (non-hydrogen) atoms. The summed E-state index contributed by atoms with van der Waals surface area (Å²) in [6.07, 6.45) is 4.81. The molecule has 4 aromatic heterocycles. The second-order valence-corrected chi connectivity index (χ2v) is 13.5. The first kappa shape index (κ1) is 25.7. The van der Waals surface area contributed by atoms with Crippen molar-refractivity contribution in [1.29, 1.82) is 0 Å². The molecule has 0 bridgehead atoms. The van der Waals surface area contributed by atoms with Crippen molar-refractivity contribution in [2.75, 3.05) is 0 Å². The minimum absolute atomic E-state index is 0. The summed E-state index contributed by atoms with van der Waals surface area (Å²) >= 11 is 0. The quantitative estimate of drug-likeness (QED) is 0.161. The molecule has 8 rings (SSSR count). The zero-order valence-corrected chi connectivity index (χ0v) is 31.4. The average Bonchev–Trinajstić information content (AvgIpc) is 3.79. The number of aromatic nitrogens is 5. The first-order valence-electron chi connectivity index (χ1n) is 21.4. The molecule has 0 fully saturated rings. The first-order chi connectivity index (χ1) is 28.6. The summed E-state index contributed by atoms with van der Waals surface area (Å²) < 4.78 is 88.6. The molecule has 0 amide bonds. The fraction of sp³-hybridized carbons (Fsp3) is 0.200. The molecular weight excluding hydrogens is 819 g/mol. The SMILES string of the molecule is [2H]C([2H])([2H])c1ccc(-c2[c-]cccc2)nc1.[2H]c1cc(CC(C)(C)C)cc(C([2H])([2H])[2H])c1-c1cc(-c2[c-]ccc3c2oc2cc(-c4nncn4C)ccc23)ncc1C([2H])([2H])[2H].[Ir]. The Bertz CT molecular complexity index is 2860. The van der Waals surface area contributed by atoms with Gasteiger partial charge in [0.15, 0.2) is 5.82 Å². The molecule has 1 radical (unpaired) electrons. The van der Waals surface area contributed by atoms with E-state index >= 15 is 0 Å². The van der Waals surface area contributed by atoms with E-state index in [1.165, 1.54) is 18.5 Å². The Labute approximate surface area is 333 Å². The van der Waals surface area contributed by atoms with E-state index in [2.05, 4.69) is 32.3 Å². The molecule has 8 aromatic rings. The second-order valence-electron chi connectivity index (χ2n) is 13.5. The summed E-state index contributed by atoms with van der Waals surface area (Å²) in [4.78, 5) is 8.63. The van der Waals surface area contributed by atoms with Gasteiger partial charge in [0, 0.05) is 62.8 Å². The van der Waals surface area contributed by atoms with Crippen LogP contribution >= 0.6 is 0 Å². The monoisotopic (exact) mass is 870 g/mol. The summed E-state index contributed by atoms with van der Waals surface area (Å²) in [5, 5.41) is 9.81. The van der Waals surface area contributed by atoms with E-state index < -0.39 is 20.6 Å². The molecule has 0 N–H and O–H groups in total. The first-order valence-corrected chi connectivity index (χ1v) is 16.4. The van der Waals surface area contributed by atoms with Gasteiger partial charge in [-0.05, 0) is 83.2 Å². The van der Waals surface area contributed by atoms with E-state index in [0.717, 1.165) is 27.6 Å². The number of furan rings is 1. The van der Waals surface area contributed by atoms with E-state index in [-0.39, 0.29) is 59.4 Å². The van der Waals surface area contributed by atoms with Crippen LogP contribution in [0.4, 0.5) is 0 Å². The molecule has 263 valence electrons. The molecule has 7 heteroatoms. The van der Waals surface area contributed by atoms with Crippen LogP contribution in [0.15, 0.2) is 114 Å². The summed E-state index contributed by atoms with van der Waals surface area (Å²) in [7, 11) is 1.86. The molecule has 0 atom stereocenters. The molecule has 6 nitrogen and oxygen atoms in total. The number of benzene rings is 4. The number of pyridine rings is 2. The molecule has 4 aromatic carbocycles. The smallest absolute Gasteiger partial charge is 0.163 e. The third kappa shape index (κ3) is 7.81. The maximum atomic E-state index is 8.96. The van der Waals surface area contributed by atoms with E-state index in [1.54, 1.807) is 42.7 Å². The standard InChI is InChI=1S/C33H31N4O.C12H10N.Ir/c1-20-14-22(17-33(3,4)5)10-12-24(20)28-16-29(34-18-21(28)2)27-9-7-8-26-25-13-11-23(15-30(25)38-31(26)27)32-36-35-19-37(32)6;1-10-7-8-12(13-9-10)11-5-3-2-4-6-11;/h7-8,10-16,18-19H,17H2,1-6H3;2-5,7-9H,1H3;/q2*-1;/i1D3,2D3,12D;1D3;. The van der Waals surface area contributed by atoms with Gasteiger partial charge < -0.3 is 19.0 Å². The van der Waals surface area contributed by atoms with Crippen LogP contribution < -0.4 is 0 Å². The van der Waals surface area contributed by atoms with Gasteiger partial charge in [0.2, 0.25) is 0 Å². The van der Waals surface area contributed by atoms with Crippen molar-refractivity contribution < 1.29 is 38.2 Å². The number of rotatable bonds is 5. The van der Waals surface area contributed by atoms with Crippen molar-refractivity contribution in [3.05, 3.63) is 144 Å². The molecule has 0 aliphatic carbocycles. The van der Waals surface area contributed by atoms with Crippen LogP contribution in [-0.2, 0) is 33.6 Å². The number of nitrogens with zero attached hydrogens (tertiary/aromatic N) is 5. The fourth-order valence-corrected chi connectivity index (χ4v) is 6.00. The molecule has 0 saturated heterocycles. The molecule has 0 aliphatic heterocycles. The number of hydrogen-bond donors (Lipinski definition) is 0. The predicted octanol–water partition coefficient (Wildman–Crippen LogP) is 11.0. The van der Waals surface area contributed by atoms with Gasteiger partial charge in [-0.15, -0.1) is 64.3 Å². The topological polar surface area (TPSA) is 69.6 Å². The van der Waals surface area contributed by atoms with Gasteiger partial charge in [0.25, 0.3) is 0 Å². The van der Waals surface area contributed by atoms with Crippen LogP contribution in [0, 0.1) is 38.1 Å². The number of hydrogen-bond acceptors (Lipinski definition) is 5. The minimum Gasteiger partial charge on any atom is -0.501 e. The third-order valence-corrected chi connectivity index (χ3v) is 8.32. The molecule has 0 unspecified atom stereocenters. The van der Waals surface area contributed by atoms with Crippen LogP contribution in [0.5, 0.6) is 0 Å². The van der Waals surface area contributed by atoms with Gasteiger partial charge >= 0.3 is 0 Å². The average molecular weight is 870 g/mol. The Kier molecular flexibility index (Phi) is 7.49. The minimum atomic E-state index is -2.62. The predicted molar refractivity (Wildman–Crippen MR) is 207 cm³/mol. The van der Waals surface area contributed by atoms with Crippen molar-refractivity contribution in [1.82, 2.24) is 24.7 Å². The van der Waals surface area contributed by atoms with Crippen molar-refractivity contribution >= 4 is 21.9 Å². The van der Waals surface area contributed by atoms with Gasteiger partial charge in [0.1, 0.15) is 11.9 Å². The van der Waals surface area contributed by atoms with E-state index in [1.807, 2.05) is 74.9 Å². The Morgan fingerprint density at radius 3 is 2.40 bits per heavy atom. The van der Waals surface area contributed by atoms with Crippen LogP contribution in [0.3, 0.4) is 0 Å². The third-order valence-electron chi connectivity index (χ3n) is 8.32. The Morgan fingerprint density at radius 1 is 0.827 bits per heavy atom. The summed E-state index contributed by atoms with van der Waals surface area (Å²) in [5.41, 5.74) is 5.10. The molecular formula is C45H41IrN5O-2. The Morgan fingerprint density at radius 2 is 1.69 bits per heavy atom. The largest absolute Gasteiger partial charge is 0.501 e. The van der Waals surface area contributed by atoms with E-state index in [4.69, 9.17) is 18.1 Å². The molecule has 0 aliphatic rings. The summed E-state index contributed by atoms with van der Waals surface area (Å²) in [5.74, 6) is 0.681. The van der Waals surface area contributed by atoms with Crippen molar-refractivity contribution in [3.8, 4) is 45.0 Å². The maximum Gasteiger partial charge on any atom is 0.163 e. The van der Waals surface area contributed by atoms with Crippen molar-refractivity contribution in [2.45, 2.75) is 47.7 Å². The van der Waals surface area contributed by atoms with Crippen LogP contribution in [0.25, 0.3) is 67.0 Å². The molecule has 0 spiro atoms. The Hall–Kier alpha value is -5.23. The van der Waals surface area contributed by atoms with Crippen LogP contribution in [0.1, 0.15) is 56.7 Å². The normalized spacial score (nSPS) is 14.8. The second kappa shape index (κ2) is 15.2. The fourth-order valence-electron chi connectivity index (χ4n) is 6.00. The molecule has 4 heterocycles. The van der Waals surface area contributed by atoms with E-state index in [0.29, 0.717) is 40.2 Å². The number of fused-ring (bicyclic) bond motifs is 3. The Balaban J connectivity index is 0.000000317. The summed E-state index contributed by atoms with van der Waals surface area (Å²) in [6.45, 7) is -1.20. The van der Waals surface area contributed by atoms with Gasteiger partial charge in [-0.3, -0.25) is 0 Å². The van der Waals surface area contributed by atoms with Gasteiger partial charge in [0.05, 0.1) is 6.95 Å². The zero-order valence-electron chi connectivity index (χ0n) is 39.0. The summed E-state index contributed by atoms with van der Waals surface area (Å²) in [6, 6.07) is 31.0. The molecule has 0 saturated carbocycles.